The third kappa shape index (κ3) is 3.10. The van der Waals surface area contributed by atoms with Crippen LogP contribution in [-0.2, 0) is 0 Å². The summed E-state index contributed by atoms with van der Waals surface area (Å²) in [6.07, 6.45) is 0. The predicted octanol–water partition coefficient (Wildman–Crippen LogP) is 5.23. The number of hydrogen-bond donors (Lipinski definition) is 0. The highest BCUT2D eigenvalue weighted by Crippen LogP contribution is 2.36. The molecular formula is C15H13BrClFO. The van der Waals surface area contributed by atoms with Gasteiger partial charge in [0.25, 0.3) is 0 Å². The number of rotatable bonds is 3. The summed E-state index contributed by atoms with van der Waals surface area (Å²) in [4.78, 5) is 0. The molecule has 2 aromatic rings. The van der Waals surface area contributed by atoms with Gasteiger partial charge >= 0.3 is 0 Å². The average molecular weight is 344 g/mol. The van der Waals surface area contributed by atoms with E-state index in [0.717, 1.165) is 15.6 Å². The van der Waals surface area contributed by atoms with E-state index in [9.17, 15) is 4.39 Å². The Morgan fingerprint density at radius 1 is 1.21 bits per heavy atom. The highest BCUT2D eigenvalue weighted by molar-refractivity contribution is 9.10. The quantitative estimate of drug-likeness (QED) is 0.693. The van der Waals surface area contributed by atoms with Gasteiger partial charge in [-0.15, -0.1) is 11.6 Å². The molecule has 100 valence electrons. The number of halogens is 3. The van der Waals surface area contributed by atoms with Crippen molar-refractivity contribution in [3.05, 3.63) is 63.4 Å². The summed E-state index contributed by atoms with van der Waals surface area (Å²) in [5, 5.41) is -0.373. The Morgan fingerprint density at radius 3 is 2.58 bits per heavy atom. The standard InChI is InChI=1S/C15H13BrClFO/c1-9-7-10(3-6-13(9)18)15(17)12-5-4-11(16)8-14(12)19-2/h3-8,15H,1-2H3. The lowest BCUT2D eigenvalue weighted by molar-refractivity contribution is 0.410. The zero-order valence-corrected chi connectivity index (χ0v) is 12.9. The maximum atomic E-state index is 13.3. The Bertz CT molecular complexity index is 601. The monoisotopic (exact) mass is 342 g/mol. The van der Waals surface area contributed by atoms with Gasteiger partial charge in [-0.3, -0.25) is 0 Å². The Morgan fingerprint density at radius 2 is 1.95 bits per heavy atom. The van der Waals surface area contributed by atoms with Crippen LogP contribution in [0.15, 0.2) is 40.9 Å². The molecule has 0 fully saturated rings. The third-order valence-electron chi connectivity index (χ3n) is 2.94. The topological polar surface area (TPSA) is 9.23 Å². The highest BCUT2D eigenvalue weighted by Gasteiger charge is 2.16. The molecule has 0 saturated heterocycles. The van der Waals surface area contributed by atoms with Gasteiger partial charge in [0.1, 0.15) is 11.6 Å². The summed E-state index contributed by atoms with van der Waals surface area (Å²) in [5.41, 5.74) is 2.29. The van der Waals surface area contributed by atoms with Crippen LogP contribution in [0.5, 0.6) is 5.75 Å². The number of aryl methyl sites for hydroxylation is 1. The van der Waals surface area contributed by atoms with Crippen LogP contribution in [0.1, 0.15) is 22.1 Å². The molecule has 2 aromatic carbocycles. The smallest absolute Gasteiger partial charge is 0.126 e. The predicted molar refractivity (Wildman–Crippen MR) is 79.5 cm³/mol. The lowest BCUT2D eigenvalue weighted by Crippen LogP contribution is -1.98. The van der Waals surface area contributed by atoms with E-state index < -0.39 is 0 Å². The normalized spacial score (nSPS) is 12.3. The van der Waals surface area contributed by atoms with Crippen LogP contribution in [0.2, 0.25) is 0 Å². The first-order valence-corrected chi connectivity index (χ1v) is 6.99. The fourth-order valence-corrected chi connectivity index (χ4v) is 2.56. The van der Waals surface area contributed by atoms with Crippen molar-refractivity contribution in [3.8, 4) is 5.75 Å². The number of methoxy groups -OCH3 is 1. The average Bonchev–Trinajstić information content (AvgIpc) is 2.41. The Balaban J connectivity index is 2.43. The second-order valence-corrected chi connectivity index (χ2v) is 5.61. The van der Waals surface area contributed by atoms with E-state index in [1.807, 2.05) is 18.2 Å². The van der Waals surface area contributed by atoms with Crippen molar-refractivity contribution in [2.24, 2.45) is 0 Å². The molecule has 0 spiro atoms. The lowest BCUT2D eigenvalue weighted by Gasteiger charge is -2.15. The van der Waals surface area contributed by atoms with E-state index in [0.29, 0.717) is 11.3 Å². The molecule has 0 aliphatic rings. The van der Waals surface area contributed by atoms with Gasteiger partial charge in [0.05, 0.1) is 12.5 Å². The minimum absolute atomic E-state index is 0.226. The van der Waals surface area contributed by atoms with Gasteiger partial charge in [-0.25, -0.2) is 4.39 Å². The van der Waals surface area contributed by atoms with Gasteiger partial charge in [-0.05, 0) is 36.2 Å². The second kappa shape index (κ2) is 5.93. The summed E-state index contributed by atoms with van der Waals surface area (Å²) in [5.74, 6) is 0.478. The molecule has 0 aliphatic carbocycles. The second-order valence-electron chi connectivity index (χ2n) is 4.26. The molecule has 0 amide bonds. The Hall–Kier alpha value is -1.06. The summed E-state index contributed by atoms with van der Waals surface area (Å²) in [6.45, 7) is 1.72. The minimum atomic E-state index is -0.373. The van der Waals surface area contributed by atoms with Crippen molar-refractivity contribution in [1.82, 2.24) is 0 Å². The molecule has 1 unspecified atom stereocenters. The van der Waals surface area contributed by atoms with Gasteiger partial charge in [0.15, 0.2) is 0 Å². The van der Waals surface area contributed by atoms with Crippen molar-refractivity contribution < 1.29 is 9.13 Å². The minimum Gasteiger partial charge on any atom is -0.496 e. The van der Waals surface area contributed by atoms with Crippen molar-refractivity contribution in [1.29, 1.82) is 0 Å². The molecule has 0 N–H and O–H groups in total. The molecular weight excluding hydrogens is 331 g/mol. The molecule has 4 heteroatoms. The van der Waals surface area contributed by atoms with Gasteiger partial charge < -0.3 is 4.74 Å². The largest absolute Gasteiger partial charge is 0.496 e. The molecule has 1 nitrogen and oxygen atoms in total. The van der Waals surface area contributed by atoms with Gasteiger partial charge in [0.2, 0.25) is 0 Å². The van der Waals surface area contributed by atoms with E-state index >= 15 is 0 Å². The summed E-state index contributed by atoms with van der Waals surface area (Å²) in [7, 11) is 1.60. The molecule has 0 radical (unpaired) electrons. The Kier molecular flexibility index (Phi) is 4.48. The van der Waals surface area contributed by atoms with Crippen LogP contribution in [0.4, 0.5) is 4.39 Å². The van der Waals surface area contributed by atoms with Crippen molar-refractivity contribution in [2.75, 3.05) is 7.11 Å². The number of hydrogen-bond acceptors (Lipinski definition) is 1. The maximum absolute atomic E-state index is 13.3. The molecule has 0 aliphatic heterocycles. The fraction of sp³-hybridized carbons (Fsp3) is 0.200. The van der Waals surface area contributed by atoms with E-state index in [1.165, 1.54) is 6.07 Å². The maximum Gasteiger partial charge on any atom is 0.126 e. The molecule has 19 heavy (non-hydrogen) atoms. The van der Waals surface area contributed by atoms with E-state index in [-0.39, 0.29) is 11.2 Å². The van der Waals surface area contributed by atoms with Crippen LogP contribution in [0, 0.1) is 12.7 Å². The van der Waals surface area contributed by atoms with Gasteiger partial charge in [-0.2, -0.15) is 0 Å². The lowest BCUT2D eigenvalue weighted by atomic mass is 10.0. The highest BCUT2D eigenvalue weighted by atomic mass is 79.9. The van der Waals surface area contributed by atoms with Gasteiger partial charge in [-0.1, -0.05) is 34.1 Å². The molecule has 0 aromatic heterocycles. The van der Waals surface area contributed by atoms with E-state index in [2.05, 4.69) is 15.9 Å². The van der Waals surface area contributed by atoms with Crippen LogP contribution in [0.25, 0.3) is 0 Å². The van der Waals surface area contributed by atoms with Crippen LogP contribution in [0.3, 0.4) is 0 Å². The number of benzene rings is 2. The molecule has 2 rings (SSSR count). The van der Waals surface area contributed by atoms with Gasteiger partial charge in [0, 0.05) is 10.0 Å². The molecule has 0 heterocycles. The zero-order valence-electron chi connectivity index (χ0n) is 10.6. The Labute approximate surface area is 125 Å². The van der Waals surface area contributed by atoms with E-state index in [1.54, 1.807) is 26.2 Å². The van der Waals surface area contributed by atoms with Crippen molar-refractivity contribution in [2.45, 2.75) is 12.3 Å². The number of ether oxygens (including phenoxy) is 1. The van der Waals surface area contributed by atoms with Crippen LogP contribution >= 0.6 is 27.5 Å². The molecule has 0 saturated carbocycles. The summed E-state index contributed by atoms with van der Waals surface area (Å²) in [6, 6.07) is 10.6. The SMILES string of the molecule is COc1cc(Br)ccc1C(Cl)c1ccc(F)c(C)c1. The zero-order chi connectivity index (χ0) is 14.0. The third-order valence-corrected chi connectivity index (χ3v) is 3.92. The first kappa shape index (κ1) is 14.4. The fourth-order valence-electron chi connectivity index (χ4n) is 1.90. The first-order valence-electron chi connectivity index (χ1n) is 5.76. The first-order chi connectivity index (χ1) is 9.02. The number of alkyl halides is 1. The molecule has 0 bridgehead atoms. The molecule has 1 atom stereocenters. The summed E-state index contributed by atoms with van der Waals surface area (Å²) < 4.78 is 19.5. The van der Waals surface area contributed by atoms with Crippen molar-refractivity contribution in [3.63, 3.8) is 0 Å². The van der Waals surface area contributed by atoms with E-state index in [4.69, 9.17) is 16.3 Å². The van der Waals surface area contributed by atoms with Crippen molar-refractivity contribution >= 4 is 27.5 Å². The van der Waals surface area contributed by atoms with Crippen LogP contribution < -0.4 is 4.74 Å². The van der Waals surface area contributed by atoms with Crippen LogP contribution in [-0.4, -0.2) is 7.11 Å². The summed E-state index contributed by atoms with van der Waals surface area (Å²) >= 11 is 9.87.